The van der Waals surface area contributed by atoms with E-state index in [2.05, 4.69) is 26.6 Å². The van der Waals surface area contributed by atoms with E-state index in [1.54, 1.807) is 0 Å². The van der Waals surface area contributed by atoms with Crippen LogP contribution in [0, 0.1) is 13.8 Å². The third-order valence-electron chi connectivity index (χ3n) is 3.48. The van der Waals surface area contributed by atoms with Crippen molar-refractivity contribution in [3.8, 4) is 0 Å². The zero-order valence-electron chi connectivity index (χ0n) is 11.6. The number of hydrogen-bond donors (Lipinski definition) is 3. The van der Waals surface area contributed by atoms with Gasteiger partial charge in [0.25, 0.3) is 0 Å². The Morgan fingerprint density at radius 3 is 2.80 bits per heavy atom. The van der Waals surface area contributed by atoms with E-state index in [1.165, 1.54) is 0 Å². The molecule has 0 saturated carbocycles. The molecule has 0 spiro atoms. The Hall–Kier alpha value is -2.56. The predicted molar refractivity (Wildman–Crippen MR) is 81.5 cm³/mol. The molecule has 0 bridgehead atoms. The number of nitrogens with two attached hydrogens (primary N) is 1. The fourth-order valence-electron chi connectivity index (χ4n) is 2.26. The van der Waals surface area contributed by atoms with Crippen molar-refractivity contribution in [2.45, 2.75) is 20.4 Å². The molecule has 0 radical (unpaired) electrons. The Morgan fingerprint density at radius 2 is 2.05 bits per heavy atom. The van der Waals surface area contributed by atoms with Crippen LogP contribution in [0.2, 0.25) is 0 Å². The number of benzene rings is 1. The number of pyridine rings is 1. The zero-order chi connectivity index (χ0) is 14.1. The molecule has 102 valence electrons. The van der Waals surface area contributed by atoms with Gasteiger partial charge >= 0.3 is 0 Å². The average Bonchev–Trinajstić information content (AvgIpc) is 2.83. The standard InChI is InChI=1S/C15H17N5/c1-9-5-12-13(8-17-9)14(16)3-4-15(12)18-6-11-7-19-20-10(11)2/h3-5,7-8,18H,6,16H2,1-2H3,(H,19,20). The normalized spacial score (nSPS) is 10.9. The van der Waals surface area contributed by atoms with E-state index in [0.717, 1.165) is 45.6 Å². The van der Waals surface area contributed by atoms with Crippen LogP contribution in [0.3, 0.4) is 0 Å². The first-order chi connectivity index (χ1) is 9.65. The maximum absolute atomic E-state index is 6.01. The lowest BCUT2D eigenvalue weighted by atomic mass is 10.1. The van der Waals surface area contributed by atoms with Crippen LogP contribution in [0.4, 0.5) is 11.4 Å². The first-order valence-corrected chi connectivity index (χ1v) is 6.52. The maximum atomic E-state index is 6.01. The molecule has 5 nitrogen and oxygen atoms in total. The van der Waals surface area contributed by atoms with Crippen molar-refractivity contribution in [2.24, 2.45) is 0 Å². The summed E-state index contributed by atoms with van der Waals surface area (Å²) in [5, 5.41) is 12.5. The van der Waals surface area contributed by atoms with Gasteiger partial charge in [-0.05, 0) is 32.0 Å². The quantitative estimate of drug-likeness (QED) is 0.637. The van der Waals surface area contributed by atoms with Crippen LogP contribution in [-0.4, -0.2) is 15.2 Å². The van der Waals surface area contributed by atoms with Crippen molar-refractivity contribution in [1.82, 2.24) is 15.2 Å². The first-order valence-electron chi connectivity index (χ1n) is 6.52. The van der Waals surface area contributed by atoms with Gasteiger partial charge in [-0.3, -0.25) is 10.1 Å². The highest BCUT2D eigenvalue weighted by molar-refractivity contribution is 6.00. The lowest BCUT2D eigenvalue weighted by molar-refractivity contribution is 1.04. The lowest BCUT2D eigenvalue weighted by Gasteiger charge is -2.11. The molecule has 0 aliphatic rings. The SMILES string of the molecule is Cc1cc2c(NCc3cn[nH]c3C)ccc(N)c2cn1. The molecule has 1 aromatic carbocycles. The van der Waals surface area contributed by atoms with Crippen LogP contribution < -0.4 is 11.1 Å². The minimum atomic E-state index is 0.725. The summed E-state index contributed by atoms with van der Waals surface area (Å²) in [7, 11) is 0. The average molecular weight is 267 g/mol. The summed E-state index contributed by atoms with van der Waals surface area (Å²) in [6, 6.07) is 5.96. The van der Waals surface area contributed by atoms with E-state index in [-0.39, 0.29) is 0 Å². The van der Waals surface area contributed by atoms with Gasteiger partial charge in [0, 0.05) is 51.8 Å². The Bertz CT molecular complexity index is 760. The van der Waals surface area contributed by atoms with E-state index < -0.39 is 0 Å². The number of fused-ring (bicyclic) bond motifs is 1. The molecule has 0 amide bonds. The van der Waals surface area contributed by atoms with E-state index in [9.17, 15) is 0 Å². The van der Waals surface area contributed by atoms with Gasteiger partial charge in [-0.15, -0.1) is 0 Å². The third-order valence-corrected chi connectivity index (χ3v) is 3.48. The molecule has 0 aliphatic carbocycles. The van der Waals surface area contributed by atoms with Crippen molar-refractivity contribution in [3.05, 3.63) is 47.5 Å². The molecule has 2 aromatic heterocycles. The van der Waals surface area contributed by atoms with Crippen LogP contribution in [0.5, 0.6) is 0 Å². The number of nitrogens with zero attached hydrogens (tertiary/aromatic N) is 2. The van der Waals surface area contributed by atoms with Crippen LogP contribution in [0.15, 0.2) is 30.6 Å². The molecule has 0 unspecified atom stereocenters. The smallest absolute Gasteiger partial charge is 0.0539 e. The van der Waals surface area contributed by atoms with Crippen LogP contribution in [0.1, 0.15) is 17.0 Å². The summed E-state index contributed by atoms with van der Waals surface area (Å²) in [6.07, 6.45) is 3.67. The Morgan fingerprint density at radius 1 is 1.20 bits per heavy atom. The number of nitrogen functional groups attached to an aromatic ring is 1. The van der Waals surface area contributed by atoms with Crippen molar-refractivity contribution in [1.29, 1.82) is 0 Å². The van der Waals surface area contributed by atoms with Gasteiger partial charge in [-0.1, -0.05) is 0 Å². The summed E-state index contributed by atoms with van der Waals surface area (Å²) in [6.45, 7) is 4.72. The van der Waals surface area contributed by atoms with Gasteiger partial charge in [0.05, 0.1) is 6.20 Å². The lowest BCUT2D eigenvalue weighted by Crippen LogP contribution is -2.01. The maximum Gasteiger partial charge on any atom is 0.0539 e. The highest BCUT2D eigenvalue weighted by atomic mass is 15.1. The van der Waals surface area contributed by atoms with Gasteiger partial charge in [0.2, 0.25) is 0 Å². The minimum absolute atomic E-state index is 0.725. The van der Waals surface area contributed by atoms with Crippen molar-refractivity contribution in [3.63, 3.8) is 0 Å². The molecule has 5 heteroatoms. The molecule has 0 saturated heterocycles. The van der Waals surface area contributed by atoms with Crippen LogP contribution >= 0.6 is 0 Å². The molecule has 3 rings (SSSR count). The van der Waals surface area contributed by atoms with Crippen LogP contribution in [0.25, 0.3) is 10.8 Å². The van der Waals surface area contributed by atoms with E-state index in [0.29, 0.717) is 0 Å². The summed E-state index contributed by atoms with van der Waals surface area (Å²) >= 11 is 0. The summed E-state index contributed by atoms with van der Waals surface area (Å²) in [5.74, 6) is 0. The third kappa shape index (κ3) is 2.18. The Labute approximate surface area is 117 Å². The van der Waals surface area contributed by atoms with Gasteiger partial charge in [-0.25, -0.2) is 0 Å². The molecule has 3 aromatic rings. The molecular weight excluding hydrogens is 250 g/mol. The van der Waals surface area contributed by atoms with Gasteiger partial charge in [0.1, 0.15) is 0 Å². The Balaban J connectivity index is 1.97. The fraction of sp³-hybridized carbons (Fsp3) is 0.200. The van der Waals surface area contributed by atoms with Crippen molar-refractivity contribution in [2.75, 3.05) is 11.1 Å². The topological polar surface area (TPSA) is 79.6 Å². The monoisotopic (exact) mass is 267 g/mol. The fourth-order valence-corrected chi connectivity index (χ4v) is 2.26. The highest BCUT2D eigenvalue weighted by Gasteiger charge is 2.06. The van der Waals surface area contributed by atoms with E-state index >= 15 is 0 Å². The summed E-state index contributed by atoms with van der Waals surface area (Å²) < 4.78 is 0. The molecule has 0 aliphatic heterocycles. The van der Waals surface area contributed by atoms with Gasteiger partial charge in [-0.2, -0.15) is 5.10 Å². The second kappa shape index (κ2) is 4.85. The number of aromatic nitrogens is 3. The largest absolute Gasteiger partial charge is 0.398 e. The second-order valence-electron chi connectivity index (χ2n) is 4.95. The molecular formula is C15H17N5. The highest BCUT2D eigenvalue weighted by Crippen LogP contribution is 2.28. The zero-order valence-corrected chi connectivity index (χ0v) is 11.6. The van der Waals surface area contributed by atoms with Crippen molar-refractivity contribution < 1.29 is 0 Å². The first kappa shape index (κ1) is 12.5. The van der Waals surface area contributed by atoms with Crippen molar-refractivity contribution >= 4 is 22.1 Å². The molecule has 0 fully saturated rings. The van der Waals surface area contributed by atoms with Gasteiger partial charge in [0.15, 0.2) is 0 Å². The number of H-pyrrole nitrogens is 1. The molecule has 20 heavy (non-hydrogen) atoms. The second-order valence-corrected chi connectivity index (χ2v) is 4.95. The number of rotatable bonds is 3. The molecule has 4 N–H and O–H groups in total. The summed E-state index contributed by atoms with van der Waals surface area (Å²) in [5.41, 5.74) is 11.0. The number of aromatic amines is 1. The van der Waals surface area contributed by atoms with E-state index in [1.807, 2.05) is 38.4 Å². The Kier molecular flexibility index (Phi) is 3.02. The molecule has 0 atom stereocenters. The summed E-state index contributed by atoms with van der Waals surface area (Å²) in [4.78, 5) is 4.31. The number of anilines is 2. The number of aryl methyl sites for hydroxylation is 2. The van der Waals surface area contributed by atoms with Crippen LogP contribution in [-0.2, 0) is 6.54 Å². The minimum Gasteiger partial charge on any atom is -0.398 e. The number of hydrogen-bond acceptors (Lipinski definition) is 4. The van der Waals surface area contributed by atoms with E-state index in [4.69, 9.17) is 5.73 Å². The van der Waals surface area contributed by atoms with Gasteiger partial charge < -0.3 is 11.1 Å². The molecule has 2 heterocycles. The predicted octanol–water partition coefficient (Wildman–Crippen LogP) is 2.77. The number of nitrogens with one attached hydrogen (secondary N) is 2.